The number of hydrogen-bond acceptors (Lipinski definition) is 2. The molecule has 1 fully saturated rings. The average Bonchev–Trinajstić information content (AvgIpc) is 3.00. The minimum atomic E-state index is -0.0908. The third-order valence-corrected chi connectivity index (χ3v) is 5.23. The van der Waals surface area contributed by atoms with Gasteiger partial charge in [-0.1, -0.05) is 25.1 Å². The molecule has 3 rings (SSSR count). The number of hydrogen-bond donors (Lipinski definition) is 2. The predicted octanol–water partition coefficient (Wildman–Crippen LogP) is 3.17. The molecule has 24 heavy (non-hydrogen) atoms. The average molecular weight is 348 g/mol. The summed E-state index contributed by atoms with van der Waals surface area (Å²) in [5.74, 6) is 0.735. The van der Waals surface area contributed by atoms with Gasteiger partial charge >= 0.3 is 0 Å². The van der Waals surface area contributed by atoms with Gasteiger partial charge in [0.2, 0.25) is 5.91 Å². The van der Waals surface area contributed by atoms with Crippen LogP contribution in [0.15, 0.2) is 30.5 Å². The Morgan fingerprint density at radius 1 is 1.38 bits per heavy atom. The molecule has 1 aromatic heterocycles. The number of fused-ring (bicyclic) bond motifs is 1. The quantitative estimate of drug-likeness (QED) is 0.788. The number of likely N-dealkylation sites (tertiary alicyclic amines) is 1. The van der Waals surface area contributed by atoms with Crippen molar-refractivity contribution in [2.24, 2.45) is 5.92 Å². The molecule has 0 aliphatic carbocycles. The van der Waals surface area contributed by atoms with E-state index in [0.29, 0.717) is 0 Å². The van der Waals surface area contributed by atoms with Crippen molar-refractivity contribution in [3.8, 4) is 0 Å². The number of piperidine rings is 1. The molecule has 2 N–H and O–H groups in total. The highest BCUT2D eigenvalue weighted by Crippen LogP contribution is 2.21. The molecule has 0 spiro atoms. The van der Waals surface area contributed by atoms with Gasteiger partial charge in [0, 0.05) is 29.7 Å². The molecular weight excluding hydrogens is 322 g/mol. The third-order valence-electron chi connectivity index (χ3n) is 4.98. The maximum absolute atomic E-state index is 11.8. The van der Waals surface area contributed by atoms with Crippen molar-refractivity contribution in [2.75, 3.05) is 25.5 Å². The molecule has 2 aromatic rings. The van der Waals surface area contributed by atoms with Crippen LogP contribution >= 0.6 is 11.6 Å². The molecule has 0 saturated carbocycles. The number of benzene rings is 1. The minimum Gasteiger partial charge on any atom is -0.361 e. The number of amides is 1. The summed E-state index contributed by atoms with van der Waals surface area (Å²) >= 11 is 5.70. The number of carbonyl (C=O) groups excluding carboxylic acids is 1. The number of alkyl halides is 1. The van der Waals surface area contributed by atoms with Gasteiger partial charge in [0.15, 0.2) is 0 Å². The largest absolute Gasteiger partial charge is 0.361 e. The molecule has 0 radical (unpaired) electrons. The number of nitrogens with zero attached hydrogens (tertiary/aromatic N) is 1. The van der Waals surface area contributed by atoms with Crippen molar-refractivity contribution in [1.29, 1.82) is 0 Å². The lowest BCUT2D eigenvalue weighted by molar-refractivity contribution is -0.119. The van der Waals surface area contributed by atoms with Gasteiger partial charge in [0.25, 0.3) is 0 Å². The number of para-hydroxylation sites is 1. The van der Waals surface area contributed by atoms with Crippen LogP contribution in [0.2, 0.25) is 0 Å². The van der Waals surface area contributed by atoms with E-state index in [1.807, 2.05) is 6.07 Å². The fourth-order valence-electron chi connectivity index (χ4n) is 3.55. The molecular formula is C19H26ClN3O. The normalized spacial score (nSPS) is 17.9. The van der Waals surface area contributed by atoms with Crippen molar-refractivity contribution in [3.63, 3.8) is 0 Å². The van der Waals surface area contributed by atoms with E-state index in [4.69, 9.17) is 11.6 Å². The Hall–Kier alpha value is -1.52. The number of halogens is 1. The van der Waals surface area contributed by atoms with E-state index >= 15 is 0 Å². The summed E-state index contributed by atoms with van der Waals surface area (Å²) in [6.45, 7) is 5.43. The highest BCUT2D eigenvalue weighted by molar-refractivity contribution is 6.27. The lowest BCUT2D eigenvalue weighted by Crippen LogP contribution is -2.47. The highest BCUT2D eigenvalue weighted by atomic mass is 35.5. The predicted molar refractivity (Wildman–Crippen MR) is 99.5 cm³/mol. The molecule has 4 nitrogen and oxygen atoms in total. The first kappa shape index (κ1) is 17.3. The van der Waals surface area contributed by atoms with Crippen LogP contribution in [0.3, 0.4) is 0 Å². The zero-order valence-electron chi connectivity index (χ0n) is 14.2. The van der Waals surface area contributed by atoms with E-state index in [-0.39, 0.29) is 17.8 Å². The van der Waals surface area contributed by atoms with Gasteiger partial charge in [-0.25, -0.2) is 0 Å². The van der Waals surface area contributed by atoms with Gasteiger partial charge in [-0.3, -0.25) is 4.79 Å². The molecule has 2 heterocycles. The molecule has 130 valence electrons. The van der Waals surface area contributed by atoms with Gasteiger partial charge in [-0.05, 0) is 49.9 Å². The van der Waals surface area contributed by atoms with Crippen LogP contribution in [-0.4, -0.2) is 47.3 Å². The fraction of sp³-hybridized carbons (Fsp3) is 0.526. The molecule has 1 unspecified atom stereocenters. The SMILES string of the molecule is CC1CCN(CC(Cc2c[nH]c3ccccc23)NC(=O)CCl)CC1. The third kappa shape index (κ3) is 4.31. The number of rotatable bonds is 6. The smallest absolute Gasteiger partial charge is 0.235 e. The van der Waals surface area contributed by atoms with Crippen LogP contribution in [0.5, 0.6) is 0 Å². The Morgan fingerprint density at radius 3 is 2.88 bits per heavy atom. The minimum absolute atomic E-state index is 0.0153. The first-order valence-electron chi connectivity index (χ1n) is 8.78. The summed E-state index contributed by atoms with van der Waals surface area (Å²) in [5, 5.41) is 4.33. The van der Waals surface area contributed by atoms with E-state index in [9.17, 15) is 4.79 Å². The molecule has 1 atom stereocenters. The Kier molecular flexibility index (Phi) is 5.80. The van der Waals surface area contributed by atoms with Gasteiger partial charge in [0.05, 0.1) is 0 Å². The summed E-state index contributed by atoms with van der Waals surface area (Å²) in [7, 11) is 0. The summed E-state index contributed by atoms with van der Waals surface area (Å²) in [4.78, 5) is 17.6. The molecule has 1 aliphatic rings. The number of nitrogens with one attached hydrogen (secondary N) is 2. The van der Waals surface area contributed by atoms with Gasteiger partial charge in [-0.2, -0.15) is 0 Å². The Bertz CT molecular complexity index is 676. The standard InChI is InChI=1S/C19H26ClN3O/c1-14-6-8-23(9-7-14)13-16(22-19(24)11-20)10-15-12-21-18-5-3-2-4-17(15)18/h2-5,12,14,16,21H,6-11,13H2,1H3,(H,22,24). The summed E-state index contributed by atoms with van der Waals surface area (Å²) in [6, 6.07) is 8.38. The Morgan fingerprint density at radius 2 is 2.12 bits per heavy atom. The van der Waals surface area contributed by atoms with Gasteiger partial charge in [-0.15, -0.1) is 11.6 Å². The second kappa shape index (κ2) is 8.04. The monoisotopic (exact) mass is 347 g/mol. The van der Waals surface area contributed by atoms with Crippen molar-refractivity contribution in [1.82, 2.24) is 15.2 Å². The van der Waals surface area contributed by atoms with Crippen LogP contribution in [0.25, 0.3) is 10.9 Å². The summed E-state index contributed by atoms with van der Waals surface area (Å²) in [5.41, 5.74) is 2.39. The number of H-pyrrole nitrogens is 1. The molecule has 1 aliphatic heterocycles. The van der Waals surface area contributed by atoms with Crippen LogP contribution in [0.1, 0.15) is 25.3 Å². The maximum Gasteiger partial charge on any atom is 0.235 e. The number of carbonyl (C=O) groups is 1. The summed E-state index contributed by atoms with van der Waals surface area (Å²) < 4.78 is 0. The molecule has 1 amide bonds. The van der Waals surface area contributed by atoms with Crippen LogP contribution < -0.4 is 5.32 Å². The van der Waals surface area contributed by atoms with Crippen molar-refractivity contribution >= 4 is 28.4 Å². The van der Waals surface area contributed by atoms with E-state index < -0.39 is 0 Å². The van der Waals surface area contributed by atoms with Crippen molar-refractivity contribution < 1.29 is 4.79 Å². The van der Waals surface area contributed by atoms with Crippen molar-refractivity contribution in [3.05, 3.63) is 36.0 Å². The first-order valence-corrected chi connectivity index (χ1v) is 9.32. The van der Waals surface area contributed by atoms with E-state index in [1.165, 1.54) is 23.8 Å². The zero-order chi connectivity index (χ0) is 16.9. The topological polar surface area (TPSA) is 48.1 Å². The Labute approximate surface area is 148 Å². The lowest BCUT2D eigenvalue weighted by atomic mass is 9.98. The zero-order valence-corrected chi connectivity index (χ0v) is 15.0. The molecule has 1 aromatic carbocycles. The lowest BCUT2D eigenvalue weighted by Gasteiger charge is -2.33. The Balaban J connectivity index is 1.70. The molecule has 1 saturated heterocycles. The van der Waals surface area contributed by atoms with Crippen molar-refractivity contribution in [2.45, 2.75) is 32.2 Å². The molecule has 0 bridgehead atoms. The highest BCUT2D eigenvalue weighted by Gasteiger charge is 2.21. The second-order valence-corrected chi connectivity index (χ2v) is 7.21. The first-order chi connectivity index (χ1) is 11.7. The second-order valence-electron chi connectivity index (χ2n) is 6.94. The number of aromatic nitrogens is 1. The summed E-state index contributed by atoms with van der Waals surface area (Å²) in [6.07, 6.45) is 5.36. The van der Waals surface area contributed by atoms with Gasteiger partial charge < -0.3 is 15.2 Å². The van der Waals surface area contributed by atoms with E-state index in [1.54, 1.807) is 0 Å². The van der Waals surface area contributed by atoms with E-state index in [2.05, 4.69) is 46.5 Å². The number of aromatic amines is 1. The van der Waals surface area contributed by atoms with Crippen LogP contribution in [0.4, 0.5) is 0 Å². The van der Waals surface area contributed by atoms with E-state index in [0.717, 1.165) is 37.5 Å². The molecule has 5 heteroatoms. The van der Waals surface area contributed by atoms with Crippen LogP contribution in [0, 0.1) is 5.92 Å². The maximum atomic E-state index is 11.8. The van der Waals surface area contributed by atoms with Crippen LogP contribution in [-0.2, 0) is 11.2 Å². The fourth-order valence-corrected chi connectivity index (χ4v) is 3.63. The van der Waals surface area contributed by atoms with Gasteiger partial charge in [0.1, 0.15) is 5.88 Å².